The normalized spacial score (nSPS) is 10.2. The number of benzene rings is 2. The maximum Gasteiger partial charge on any atom is 0.262 e. The van der Waals surface area contributed by atoms with E-state index in [1.165, 1.54) is 0 Å². The molecule has 0 aliphatic rings. The third-order valence-corrected chi connectivity index (χ3v) is 4.27. The smallest absolute Gasteiger partial charge is 0.262 e. The maximum atomic E-state index is 12.1. The Balaban J connectivity index is 1.90. The molecule has 0 aromatic heterocycles. The van der Waals surface area contributed by atoms with Crippen LogP contribution in [0.1, 0.15) is 19.8 Å². The first kappa shape index (κ1) is 19.5. The molecular weight excluding hydrogens is 452 g/mol. The molecule has 0 aliphatic carbocycles. The molecule has 2 amide bonds. The van der Waals surface area contributed by atoms with Crippen molar-refractivity contribution >= 4 is 55.0 Å². The van der Waals surface area contributed by atoms with Crippen molar-refractivity contribution in [2.75, 3.05) is 17.2 Å². The average Bonchev–Trinajstić information content (AvgIpc) is 2.54. The molecule has 0 spiro atoms. The Morgan fingerprint density at radius 3 is 2.32 bits per heavy atom. The minimum Gasteiger partial charge on any atom is -0.483 e. The summed E-state index contributed by atoms with van der Waals surface area (Å²) in [5.41, 5.74) is 1.24. The van der Waals surface area contributed by atoms with Gasteiger partial charge in [0.1, 0.15) is 5.75 Å². The van der Waals surface area contributed by atoms with E-state index in [9.17, 15) is 9.59 Å². The van der Waals surface area contributed by atoms with Crippen molar-refractivity contribution in [2.45, 2.75) is 19.8 Å². The molecule has 0 fully saturated rings. The Morgan fingerprint density at radius 1 is 1.00 bits per heavy atom. The van der Waals surface area contributed by atoms with Crippen LogP contribution >= 0.6 is 31.9 Å². The van der Waals surface area contributed by atoms with E-state index in [0.29, 0.717) is 23.5 Å². The molecule has 0 aliphatic heterocycles. The minimum atomic E-state index is -0.285. The van der Waals surface area contributed by atoms with E-state index in [4.69, 9.17) is 4.74 Å². The Hall–Kier alpha value is -1.86. The fourth-order valence-electron chi connectivity index (χ4n) is 2.06. The first-order valence-corrected chi connectivity index (χ1v) is 9.34. The van der Waals surface area contributed by atoms with Gasteiger partial charge in [-0.3, -0.25) is 9.59 Å². The highest BCUT2D eigenvalue weighted by Crippen LogP contribution is 2.28. The Kier molecular flexibility index (Phi) is 7.46. The summed E-state index contributed by atoms with van der Waals surface area (Å²) in [4.78, 5) is 23.7. The van der Waals surface area contributed by atoms with Gasteiger partial charge < -0.3 is 15.4 Å². The molecule has 2 aromatic rings. The van der Waals surface area contributed by atoms with E-state index >= 15 is 0 Å². The summed E-state index contributed by atoms with van der Waals surface area (Å²) in [5, 5.41) is 5.54. The zero-order valence-corrected chi connectivity index (χ0v) is 16.8. The van der Waals surface area contributed by atoms with Crippen molar-refractivity contribution in [3.8, 4) is 5.75 Å². The number of amides is 2. The summed E-state index contributed by atoms with van der Waals surface area (Å²) in [7, 11) is 0. The number of halogens is 2. The average molecular weight is 470 g/mol. The second-order valence-corrected chi connectivity index (χ2v) is 7.06. The lowest BCUT2D eigenvalue weighted by Crippen LogP contribution is -2.20. The Morgan fingerprint density at radius 2 is 1.68 bits per heavy atom. The molecule has 2 N–H and O–H groups in total. The van der Waals surface area contributed by atoms with Crippen LogP contribution < -0.4 is 15.4 Å². The van der Waals surface area contributed by atoms with Gasteiger partial charge in [-0.05, 0) is 58.7 Å². The second kappa shape index (κ2) is 9.58. The lowest BCUT2D eigenvalue weighted by Gasteiger charge is -2.10. The van der Waals surface area contributed by atoms with E-state index in [2.05, 4.69) is 42.5 Å². The van der Waals surface area contributed by atoms with Gasteiger partial charge >= 0.3 is 0 Å². The summed E-state index contributed by atoms with van der Waals surface area (Å²) < 4.78 is 7.18. The molecule has 7 heteroatoms. The molecule has 0 unspecified atom stereocenters. The summed E-state index contributed by atoms with van der Waals surface area (Å²) in [5.74, 6) is 0.250. The highest BCUT2D eigenvalue weighted by Gasteiger charge is 2.08. The highest BCUT2D eigenvalue weighted by atomic mass is 79.9. The molecule has 2 aromatic carbocycles. The van der Waals surface area contributed by atoms with Crippen molar-refractivity contribution in [1.29, 1.82) is 0 Å². The van der Waals surface area contributed by atoms with Crippen LogP contribution in [0.15, 0.2) is 51.4 Å². The molecule has 0 saturated carbocycles. The van der Waals surface area contributed by atoms with Crippen LogP contribution in [0, 0.1) is 0 Å². The molecule has 0 bridgehead atoms. The van der Waals surface area contributed by atoms with Crippen LogP contribution in [0.5, 0.6) is 5.75 Å². The van der Waals surface area contributed by atoms with Crippen molar-refractivity contribution < 1.29 is 14.3 Å². The molecule has 0 radical (unpaired) electrons. The van der Waals surface area contributed by atoms with Crippen molar-refractivity contribution in [1.82, 2.24) is 0 Å². The number of hydrogen-bond donors (Lipinski definition) is 2. The number of carbonyl (C=O) groups is 2. The first-order chi connectivity index (χ1) is 12.0. The standard InChI is InChI=1S/C18H18Br2N2O3/c1-2-4-17(23)21-13-5-3-6-14(10-13)22-18(24)11-25-16-8-7-12(19)9-15(16)20/h3,5-10H,2,4,11H2,1H3,(H,21,23)(H,22,24). The van der Waals surface area contributed by atoms with Gasteiger partial charge in [-0.2, -0.15) is 0 Å². The van der Waals surface area contributed by atoms with Crippen LogP contribution in [-0.2, 0) is 9.59 Å². The molecule has 132 valence electrons. The van der Waals surface area contributed by atoms with Crippen LogP contribution in [0.4, 0.5) is 11.4 Å². The highest BCUT2D eigenvalue weighted by molar-refractivity contribution is 9.11. The van der Waals surface area contributed by atoms with Crippen LogP contribution in [0.3, 0.4) is 0 Å². The number of anilines is 2. The maximum absolute atomic E-state index is 12.1. The van der Waals surface area contributed by atoms with Crippen molar-refractivity contribution in [3.63, 3.8) is 0 Å². The lowest BCUT2D eigenvalue weighted by molar-refractivity contribution is -0.118. The van der Waals surface area contributed by atoms with Crippen molar-refractivity contribution in [2.24, 2.45) is 0 Å². The molecule has 0 heterocycles. The van der Waals surface area contributed by atoms with E-state index in [1.54, 1.807) is 30.3 Å². The molecule has 25 heavy (non-hydrogen) atoms. The number of hydrogen-bond acceptors (Lipinski definition) is 3. The summed E-state index contributed by atoms with van der Waals surface area (Å²) in [6, 6.07) is 12.5. The number of rotatable bonds is 7. The predicted molar refractivity (Wildman–Crippen MR) is 106 cm³/mol. The van der Waals surface area contributed by atoms with Crippen LogP contribution in [0.25, 0.3) is 0 Å². The van der Waals surface area contributed by atoms with Gasteiger partial charge in [0, 0.05) is 22.3 Å². The monoisotopic (exact) mass is 468 g/mol. The van der Waals surface area contributed by atoms with Gasteiger partial charge in [0.15, 0.2) is 6.61 Å². The number of ether oxygens (including phenoxy) is 1. The quantitative estimate of drug-likeness (QED) is 0.601. The lowest BCUT2D eigenvalue weighted by atomic mass is 10.2. The molecular formula is C18H18Br2N2O3. The fraction of sp³-hybridized carbons (Fsp3) is 0.222. The third-order valence-electron chi connectivity index (χ3n) is 3.16. The van der Waals surface area contributed by atoms with Crippen molar-refractivity contribution in [3.05, 3.63) is 51.4 Å². The van der Waals surface area contributed by atoms with Gasteiger partial charge in [-0.1, -0.05) is 28.9 Å². The van der Waals surface area contributed by atoms with E-state index in [0.717, 1.165) is 15.4 Å². The van der Waals surface area contributed by atoms with E-state index < -0.39 is 0 Å². The SMILES string of the molecule is CCCC(=O)Nc1cccc(NC(=O)COc2ccc(Br)cc2Br)c1. The first-order valence-electron chi connectivity index (χ1n) is 7.75. The van der Waals surface area contributed by atoms with E-state index in [1.807, 2.05) is 19.1 Å². The van der Waals surface area contributed by atoms with Gasteiger partial charge in [-0.15, -0.1) is 0 Å². The zero-order chi connectivity index (χ0) is 18.2. The van der Waals surface area contributed by atoms with E-state index in [-0.39, 0.29) is 18.4 Å². The molecule has 5 nitrogen and oxygen atoms in total. The fourth-order valence-corrected chi connectivity index (χ4v) is 3.22. The largest absolute Gasteiger partial charge is 0.483 e. The second-order valence-electron chi connectivity index (χ2n) is 5.29. The third kappa shape index (κ3) is 6.51. The Labute approximate surface area is 163 Å². The minimum absolute atomic E-state index is 0.0469. The molecule has 0 saturated heterocycles. The Bertz CT molecular complexity index is 766. The summed E-state index contributed by atoms with van der Waals surface area (Å²) in [6.45, 7) is 1.83. The summed E-state index contributed by atoms with van der Waals surface area (Å²) in [6.07, 6.45) is 1.25. The van der Waals surface area contributed by atoms with Gasteiger partial charge in [0.25, 0.3) is 5.91 Å². The topological polar surface area (TPSA) is 67.4 Å². The number of nitrogens with one attached hydrogen (secondary N) is 2. The van der Waals surface area contributed by atoms with Crippen LogP contribution in [0.2, 0.25) is 0 Å². The van der Waals surface area contributed by atoms with Crippen LogP contribution in [-0.4, -0.2) is 18.4 Å². The molecule has 0 atom stereocenters. The number of carbonyl (C=O) groups excluding carboxylic acids is 2. The predicted octanol–water partition coefficient (Wildman–Crippen LogP) is 4.97. The summed E-state index contributed by atoms with van der Waals surface area (Å²) >= 11 is 6.74. The van der Waals surface area contributed by atoms with Gasteiger partial charge in [0.2, 0.25) is 5.91 Å². The van der Waals surface area contributed by atoms with Gasteiger partial charge in [-0.25, -0.2) is 0 Å². The zero-order valence-electron chi connectivity index (χ0n) is 13.6. The van der Waals surface area contributed by atoms with Gasteiger partial charge in [0.05, 0.1) is 4.47 Å². The molecule has 2 rings (SSSR count).